The number of hydrogen-bond donors (Lipinski definition) is 2. The van der Waals surface area contributed by atoms with E-state index >= 15 is 0 Å². The van der Waals surface area contributed by atoms with Crippen LogP contribution in [0, 0.1) is 5.92 Å². The lowest BCUT2D eigenvalue weighted by molar-refractivity contribution is -0.141. The van der Waals surface area contributed by atoms with E-state index in [0.717, 1.165) is 44.3 Å². The number of ether oxygens (including phenoxy) is 2. The Morgan fingerprint density at radius 3 is 2.93 bits per heavy atom. The van der Waals surface area contributed by atoms with Crippen molar-refractivity contribution < 1.29 is 22.6 Å². The molecule has 0 radical (unpaired) electrons. The second-order valence-electron chi connectivity index (χ2n) is 6.59. The zero-order valence-corrected chi connectivity index (χ0v) is 16.8. The highest BCUT2D eigenvalue weighted by Gasteiger charge is 2.32. The molecule has 2 heterocycles. The number of rotatable bonds is 10. The lowest BCUT2D eigenvalue weighted by atomic mass is 10.1. The smallest absolute Gasteiger partial charge is 0.382 e. The van der Waals surface area contributed by atoms with E-state index in [9.17, 15) is 13.2 Å². The van der Waals surface area contributed by atoms with Gasteiger partial charge in [0.05, 0.1) is 26.4 Å². The number of nitrogens with zero attached hydrogens (tertiary/aromatic N) is 4. The zero-order valence-electron chi connectivity index (χ0n) is 16.8. The molecule has 2 N–H and O–H groups in total. The van der Waals surface area contributed by atoms with Crippen molar-refractivity contribution in [1.29, 1.82) is 0 Å². The maximum atomic E-state index is 12.7. The number of aliphatic imine (C=N–C) groups is 1. The Kier molecular flexibility index (Phi) is 9.39. The van der Waals surface area contributed by atoms with Gasteiger partial charge < -0.3 is 25.0 Å². The molecular weight excluding hydrogens is 389 g/mol. The van der Waals surface area contributed by atoms with Crippen molar-refractivity contribution in [2.24, 2.45) is 10.9 Å². The van der Waals surface area contributed by atoms with Gasteiger partial charge in [-0.15, -0.1) is 0 Å². The Hall–Kier alpha value is -2.14. The molecule has 0 aromatic carbocycles. The van der Waals surface area contributed by atoms with Gasteiger partial charge in [0.25, 0.3) is 0 Å². The van der Waals surface area contributed by atoms with Crippen LogP contribution in [0.25, 0.3) is 0 Å². The molecule has 8 nitrogen and oxygen atoms in total. The molecule has 1 aliphatic rings. The van der Waals surface area contributed by atoms with Crippen LogP contribution in [0.1, 0.15) is 19.0 Å². The number of halogens is 3. The first-order valence-electron chi connectivity index (χ1n) is 9.68. The summed E-state index contributed by atoms with van der Waals surface area (Å²) >= 11 is 0. The maximum Gasteiger partial charge on any atom is 0.433 e. The van der Waals surface area contributed by atoms with E-state index in [2.05, 4.69) is 30.5 Å². The number of anilines is 1. The molecule has 0 bridgehead atoms. The number of methoxy groups -OCH3 is 1. The minimum absolute atomic E-state index is 0.0607. The Labute approximate surface area is 168 Å². The van der Waals surface area contributed by atoms with Crippen LogP contribution in [-0.2, 0) is 15.7 Å². The van der Waals surface area contributed by atoms with Crippen molar-refractivity contribution in [3.8, 4) is 0 Å². The first-order chi connectivity index (χ1) is 13.9. The van der Waals surface area contributed by atoms with Gasteiger partial charge in [0.2, 0.25) is 5.95 Å². The molecule has 1 unspecified atom stereocenters. The van der Waals surface area contributed by atoms with Crippen LogP contribution in [0.2, 0.25) is 0 Å². The summed E-state index contributed by atoms with van der Waals surface area (Å²) in [7, 11) is 1.65. The number of likely N-dealkylation sites (tertiary alicyclic amines) is 1. The Morgan fingerprint density at radius 2 is 2.21 bits per heavy atom. The fraction of sp³-hybridized carbons (Fsp3) is 0.722. The van der Waals surface area contributed by atoms with Crippen molar-refractivity contribution in [2.45, 2.75) is 19.5 Å². The van der Waals surface area contributed by atoms with E-state index in [-0.39, 0.29) is 5.95 Å². The Morgan fingerprint density at radius 1 is 1.38 bits per heavy atom. The highest BCUT2D eigenvalue weighted by molar-refractivity contribution is 5.80. The van der Waals surface area contributed by atoms with E-state index in [0.29, 0.717) is 38.8 Å². The van der Waals surface area contributed by atoms with Gasteiger partial charge in [-0.1, -0.05) is 0 Å². The fourth-order valence-corrected chi connectivity index (χ4v) is 2.91. The van der Waals surface area contributed by atoms with Crippen LogP contribution >= 0.6 is 0 Å². The molecule has 0 saturated carbocycles. The molecule has 164 valence electrons. The SMILES string of the molecule is CCNC(=NCCNc1nccc(C(F)(F)F)n1)N1CCC(COCCOC)C1. The van der Waals surface area contributed by atoms with Gasteiger partial charge in [-0.25, -0.2) is 9.97 Å². The average Bonchev–Trinajstić information content (AvgIpc) is 3.16. The monoisotopic (exact) mass is 418 g/mol. The third kappa shape index (κ3) is 8.01. The van der Waals surface area contributed by atoms with Gasteiger partial charge in [-0.3, -0.25) is 4.99 Å². The molecule has 1 atom stereocenters. The molecule has 11 heteroatoms. The van der Waals surface area contributed by atoms with Crippen LogP contribution in [0.5, 0.6) is 0 Å². The molecule has 0 aliphatic carbocycles. The fourth-order valence-electron chi connectivity index (χ4n) is 2.91. The summed E-state index contributed by atoms with van der Waals surface area (Å²) in [6, 6.07) is 0.843. The largest absolute Gasteiger partial charge is 0.433 e. The van der Waals surface area contributed by atoms with Crippen molar-refractivity contribution in [1.82, 2.24) is 20.2 Å². The van der Waals surface area contributed by atoms with Crippen LogP contribution in [0.3, 0.4) is 0 Å². The topological polar surface area (TPSA) is 83.9 Å². The third-order valence-corrected chi connectivity index (χ3v) is 4.31. The normalized spacial score (nSPS) is 17.6. The summed E-state index contributed by atoms with van der Waals surface area (Å²) in [5.41, 5.74) is -0.970. The molecule has 1 fully saturated rings. The summed E-state index contributed by atoms with van der Waals surface area (Å²) in [6.45, 7) is 7.03. The zero-order chi connectivity index (χ0) is 21.1. The lowest BCUT2D eigenvalue weighted by Crippen LogP contribution is -2.40. The van der Waals surface area contributed by atoms with Gasteiger partial charge >= 0.3 is 6.18 Å². The van der Waals surface area contributed by atoms with Crippen LogP contribution in [-0.4, -0.2) is 80.5 Å². The predicted molar refractivity (Wildman–Crippen MR) is 104 cm³/mol. The molecule has 2 rings (SSSR count). The van der Waals surface area contributed by atoms with E-state index in [1.807, 2.05) is 6.92 Å². The molecule has 0 amide bonds. The molecular formula is C18H29F3N6O2. The first kappa shape index (κ1) is 23.1. The van der Waals surface area contributed by atoms with Crippen molar-refractivity contribution in [3.05, 3.63) is 18.0 Å². The van der Waals surface area contributed by atoms with Gasteiger partial charge in [-0.2, -0.15) is 13.2 Å². The maximum absolute atomic E-state index is 12.7. The minimum Gasteiger partial charge on any atom is -0.382 e. The lowest BCUT2D eigenvalue weighted by Gasteiger charge is -2.21. The van der Waals surface area contributed by atoms with Crippen LogP contribution in [0.15, 0.2) is 17.3 Å². The van der Waals surface area contributed by atoms with Gasteiger partial charge in [-0.05, 0) is 19.4 Å². The van der Waals surface area contributed by atoms with Gasteiger partial charge in [0.15, 0.2) is 5.96 Å². The van der Waals surface area contributed by atoms with Crippen molar-refractivity contribution >= 4 is 11.9 Å². The molecule has 1 aromatic heterocycles. The highest BCUT2D eigenvalue weighted by Crippen LogP contribution is 2.27. The van der Waals surface area contributed by atoms with E-state index < -0.39 is 11.9 Å². The standard InChI is InChI=1S/C18H29F3N6O2/c1-3-22-17(27-9-5-14(12-27)13-29-11-10-28-2)25-8-7-24-16-23-6-4-15(26-16)18(19,20)21/h4,6,14H,3,5,7-13H2,1-2H3,(H,22,25)(H,23,24,26). The minimum atomic E-state index is -4.49. The third-order valence-electron chi connectivity index (χ3n) is 4.31. The molecule has 0 spiro atoms. The molecule has 29 heavy (non-hydrogen) atoms. The van der Waals surface area contributed by atoms with Crippen LogP contribution < -0.4 is 10.6 Å². The molecule has 1 aliphatic heterocycles. The highest BCUT2D eigenvalue weighted by atomic mass is 19.4. The number of alkyl halides is 3. The van der Waals surface area contributed by atoms with Crippen molar-refractivity contribution in [3.63, 3.8) is 0 Å². The molecule has 1 aromatic rings. The summed E-state index contributed by atoms with van der Waals surface area (Å²) < 4.78 is 48.7. The molecule has 1 saturated heterocycles. The van der Waals surface area contributed by atoms with E-state index in [1.165, 1.54) is 0 Å². The summed E-state index contributed by atoms with van der Waals surface area (Å²) in [5, 5.41) is 6.04. The quantitative estimate of drug-likeness (QED) is 0.341. The number of guanidine groups is 1. The second-order valence-corrected chi connectivity index (χ2v) is 6.59. The summed E-state index contributed by atoms with van der Waals surface area (Å²) in [5.74, 6) is 1.17. The summed E-state index contributed by atoms with van der Waals surface area (Å²) in [6.07, 6.45) is -2.38. The Balaban J connectivity index is 1.81. The number of nitrogens with one attached hydrogen (secondary N) is 2. The summed E-state index contributed by atoms with van der Waals surface area (Å²) in [4.78, 5) is 14.0. The van der Waals surface area contributed by atoms with E-state index in [4.69, 9.17) is 9.47 Å². The van der Waals surface area contributed by atoms with Crippen LogP contribution in [0.4, 0.5) is 19.1 Å². The first-order valence-corrected chi connectivity index (χ1v) is 9.68. The number of aromatic nitrogens is 2. The number of hydrogen-bond acceptors (Lipinski definition) is 6. The van der Waals surface area contributed by atoms with Gasteiger partial charge in [0, 0.05) is 45.4 Å². The second kappa shape index (κ2) is 11.8. The predicted octanol–water partition coefficient (Wildman–Crippen LogP) is 1.86. The Bertz CT molecular complexity index is 644. The van der Waals surface area contributed by atoms with Crippen molar-refractivity contribution in [2.75, 3.05) is 65.0 Å². The van der Waals surface area contributed by atoms with E-state index in [1.54, 1.807) is 7.11 Å². The van der Waals surface area contributed by atoms with Gasteiger partial charge in [0.1, 0.15) is 5.69 Å². The average molecular weight is 418 g/mol.